The number of rotatable bonds is 3. The first-order valence-corrected chi connectivity index (χ1v) is 5.38. The molecule has 1 aliphatic rings. The molecular formula is C12H18N2. The molecule has 1 fully saturated rings. The van der Waals surface area contributed by atoms with Crippen molar-refractivity contribution >= 4 is 0 Å². The van der Waals surface area contributed by atoms with Crippen molar-refractivity contribution in [3.63, 3.8) is 0 Å². The molecule has 1 saturated heterocycles. The number of benzene rings is 1. The number of nitrogens with two attached hydrogens (primary N) is 1. The fourth-order valence-corrected chi connectivity index (χ4v) is 2.41. The van der Waals surface area contributed by atoms with Crippen LogP contribution in [0, 0.1) is 0 Å². The Morgan fingerprint density at radius 3 is 2.64 bits per heavy atom. The molecule has 1 aliphatic heterocycles. The average Bonchev–Trinajstić information content (AvgIpc) is 2.70. The molecule has 0 amide bonds. The molecule has 14 heavy (non-hydrogen) atoms. The lowest BCUT2D eigenvalue weighted by atomic mass is 9.85. The van der Waals surface area contributed by atoms with E-state index in [1.165, 1.54) is 18.4 Å². The van der Waals surface area contributed by atoms with Gasteiger partial charge in [-0.3, -0.25) is 0 Å². The number of nitrogens with one attached hydrogen (secondary N) is 1. The van der Waals surface area contributed by atoms with Crippen LogP contribution in [0.25, 0.3) is 0 Å². The summed E-state index contributed by atoms with van der Waals surface area (Å²) in [6.07, 6.45) is 3.51. The minimum absolute atomic E-state index is 0.163. The molecular weight excluding hydrogens is 172 g/mol. The van der Waals surface area contributed by atoms with Crippen LogP contribution in [0.4, 0.5) is 0 Å². The largest absolute Gasteiger partial charge is 0.330 e. The zero-order valence-corrected chi connectivity index (χ0v) is 8.50. The lowest BCUT2D eigenvalue weighted by Gasteiger charge is -2.29. The van der Waals surface area contributed by atoms with E-state index < -0.39 is 0 Å². The zero-order chi connectivity index (χ0) is 9.86. The van der Waals surface area contributed by atoms with E-state index in [2.05, 4.69) is 35.6 Å². The van der Waals surface area contributed by atoms with Crippen molar-refractivity contribution < 1.29 is 0 Å². The SMILES string of the molecule is NCCC1(c2ccccc2)CCCN1. The Morgan fingerprint density at radius 2 is 2.07 bits per heavy atom. The van der Waals surface area contributed by atoms with Gasteiger partial charge in [-0.05, 0) is 37.9 Å². The van der Waals surface area contributed by atoms with Gasteiger partial charge in [-0.2, -0.15) is 0 Å². The van der Waals surface area contributed by atoms with Crippen LogP contribution in [-0.2, 0) is 5.54 Å². The molecule has 1 atom stereocenters. The Kier molecular flexibility index (Phi) is 2.85. The monoisotopic (exact) mass is 190 g/mol. The molecule has 3 N–H and O–H groups in total. The Balaban J connectivity index is 2.27. The lowest BCUT2D eigenvalue weighted by Crippen LogP contribution is -2.38. The molecule has 0 aliphatic carbocycles. The topological polar surface area (TPSA) is 38.0 Å². The van der Waals surface area contributed by atoms with E-state index >= 15 is 0 Å². The van der Waals surface area contributed by atoms with Gasteiger partial charge in [-0.1, -0.05) is 30.3 Å². The summed E-state index contributed by atoms with van der Waals surface area (Å²) >= 11 is 0. The molecule has 2 heteroatoms. The smallest absolute Gasteiger partial charge is 0.0447 e. The van der Waals surface area contributed by atoms with Crippen molar-refractivity contribution in [3.8, 4) is 0 Å². The highest BCUT2D eigenvalue weighted by Gasteiger charge is 2.33. The van der Waals surface area contributed by atoms with Gasteiger partial charge in [-0.25, -0.2) is 0 Å². The van der Waals surface area contributed by atoms with Crippen LogP contribution in [-0.4, -0.2) is 13.1 Å². The van der Waals surface area contributed by atoms with Gasteiger partial charge in [0.15, 0.2) is 0 Å². The molecule has 1 heterocycles. The third kappa shape index (κ3) is 1.68. The average molecular weight is 190 g/mol. The maximum Gasteiger partial charge on any atom is 0.0447 e. The van der Waals surface area contributed by atoms with Gasteiger partial charge in [-0.15, -0.1) is 0 Å². The summed E-state index contributed by atoms with van der Waals surface area (Å²) in [6.45, 7) is 1.87. The van der Waals surface area contributed by atoms with Gasteiger partial charge < -0.3 is 11.1 Å². The van der Waals surface area contributed by atoms with Gasteiger partial charge >= 0.3 is 0 Å². The maximum absolute atomic E-state index is 5.69. The molecule has 2 nitrogen and oxygen atoms in total. The van der Waals surface area contributed by atoms with Crippen molar-refractivity contribution in [2.75, 3.05) is 13.1 Å². The van der Waals surface area contributed by atoms with Crippen LogP contribution in [0.1, 0.15) is 24.8 Å². The van der Waals surface area contributed by atoms with Gasteiger partial charge in [0.2, 0.25) is 0 Å². The molecule has 0 saturated carbocycles. The van der Waals surface area contributed by atoms with Crippen molar-refractivity contribution in [3.05, 3.63) is 35.9 Å². The first kappa shape index (κ1) is 9.69. The zero-order valence-electron chi connectivity index (χ0n) is 8.50. The van der Waals surface area contributed by atoms with Crippen LogP contribution in [0.15, 0.2) is 30.3 Å². The summed E-state index contributed by atoms with van der Waals surface area (Å²) in [5.41, 5.74) is 7.25. The molecule has 76 valence electrons. The number of hydrogen-bond donors (Lipinski definition) is 2. The minimum Gasteiger partial charge on any atom is -0.330 e. The Morgan fingerprint density at radius 1 is 1.29 bits per heavy atom. The van der Waals surface area contributed by atoms with Crippen molar-refractivity contribution in [1.29, 1.82) is 0 Å². The highest BCUT2D eigenvalue weighted by atomic mass is 15.0. The first-order chi connectivity index (χ1) is 6.87. The Hall–Kier alpha value is -0.860. The maximum atomic E-state index is 5.69. The molecule has 1 unspecified atom stereocenters. The van der Waals surface area contributed by atoms with Gasteiger partial charge in [0.05, 0.1) is 0 Å². The molecule has 2 rings (SSSR count). The van der Waals surface area contributed by atoms with E-state index in [4.69, 9.17) is 5.73 Å². The number of hydrogen-bond acceptors (Lipinski definition) is 2. The van der Waals surface area contributed by atoms with Gasteiger partial charge in [0.1, 0.15) is 0 Å². The molecule has 0 radical (unpaired) electrons. The summed E-state index contributed by atoms with van der Waals surface area (Å²) in [5.74, 6) is 0. The third-order valence-electron chi connectivity index (χ3n) is 3.14. The van der Waals surface area contributed by atoms with Crippen LogP contribution in [0.3, 0.4) is 0 Å². The first-order valence-electron chi connectivity index (χ1n) is 5.38. The van der Waals surface area contributed by atoms with Crippen LogP contribution in [0.5, 0.6) is 0 Å². The summed E-state index contributed by atoms with van der Waals surface area (Å²) in [5, 5.41) is 3.61. The molecule has 0 bridgehead atoms. The van der Waals surface area contributed by atoms with E-state index in [0.29, 0.717) is 0 Å². The highest BCUT2D eigenvalue weighted by molar-refractivity contribution is 5.25. The predicted molar refractivity (Wildman–Crippen MR) is 59.0 cm³/mol. The van der Waals surface area contributed by atoms with Crippen molar-refractivity contribution in [1.82, 2.24) is 5.32 Å². The minimum atomic E-state index is 0.163. The summed E-state index contributed by atoms with van der Waals surface area (Å²) in [4.78, 5) is 0. The van der Waals surface area contributed by atoms with E-state index in [0.717, 1.165) is 19.5 Å². The van der Waals surface area contributed by atoms with Gasteiger partial charge in [0, 0.05) is 5.54 Å². The van der Waals surface area contributed by atoms with Crippen LogP contribution >= 0.6 is 0 Å². The van der Waals surface area contributed by atoms with Crippen molar-refractivity contribution in [2.45, 2.75) is 24.8 Å². The fourth-order valence-electron chi connectivity index (χ4n) is 2.41. The summed E-state index contributed by atoms with van der Waals surface area (Å²) in [7, 11) is 0. The highest BCUT2D eigenvalue weighted by Crippen LogP contribution is 2.33. The quantitative estimate of drug-likeness (QED) is 0.760. The van der Waals surface area contributed by atoms with E-state index in [1.807, 2.05) is 0 Å². The van der Waals surface area contributed by atoms with E-state index in [1.54, 1.807) is 0 Å². The molecule has 0 spiro atoms. The lowest BCUT2D eigenvalue weighted by molar-refractivity contribution is 0.365. The Bertz CT molecular complexity index is 276. The Labute approximate surface area is 85.5 Å². The summed E-state index contributed by atoms with van der Waals surface area (Å²) < 4.78 is 0. The van der Waals surface area contributed by atoms with Crippen LogP contribution < -0.4 is 11.1 Å². The van der Waals surface area contributed by atoms with Gasteiger partial charge in [0.25, 0.3) is 0 Å². The fraction of sp³-hybridized carbons (Fsp3) is 0.500. The third-order valence-corrected chi connectivity index (χ3v) is 3.14. The molecule has 1 aromatic carbocycles. The summed E-state index contributed by atoms with van der Waals surface area (Å²) in [6, 6.07) is 10.7. The second kappa shape index (κ2) is 4.11. The second-order valence-corrected chi connectivity index (χ2v) is 4.02. The molecule has 0 aromatic heterocycles. The van der Waals surface area contributed by atoms with Crippen LogP contribution in [0.2, 0.25) is 0 Å². The standard InChI is InChI=1S/C12H18N2/c13-9-8-12(7-4-10-14-12)11-5-2-1-3-6-11/h1-3,5-6,14H,4,7-10,13H2. The second-order valence-electron chi connectivity index (χ2n) is 4.02. The van der Waals surface area contributed by atoms with E-state index in [9.17, 15) is 0 Å². The predicted octanol–water partition coefficient (Wildman–Crippen LogP) is 1.61. The normalized spacial score (nSPS) is 26.6. The molecule has 1 aromatic rings. The van der Waals surface area contributed by atoms with Crippen molar-refractivity contribution in [2.24, 2.45) is 5.73 Å². The van der Waals surface area contributed by atoms with E-state index in [-0.39, 0.29) is 5.54 Å².